The Bertz CT molecular complexity index is 553. The molecule has 0 saturated heterocycles. The summed E-state index contributed by atoms with van der Waals surface area (Å²) < 4.78 is 0. The molecule has 3 N–H and O–H groups in total. The zero-order valence-electron chi connectivity index (χ0n) is 12.4. The van der Waals surface area contributed by atoms with Crippen LogP contribution < -0.4 is 10.6 Å². The fourth-order valence-electron chi connectivity index (χ4n) is 2.59. The molecule has 1 unspecified atom stereocenters. The fraction of sp³-hybridized carbons (Fsp3) is 0.438. The summed E-state index contributed by atoms with van der Waals surface area (Å²) >= 11 is 0. The smallest absolute Gasteiger partial charge is 0.306 e. The van der Waals surface area contributed by atoms with Crippen molar-refractivity contribution in [3.63, 3.8) is 0 Å². The summed E-state index contributed by atoms with van der Waals surface area (Å²) in [7, 11) is 0. The zero-order valence-corrected chi connectivity index (χ0v) is 12.4. The molecule has 1 aliphatic carbocycles. The number of carboxylic acids is 1. The van der Waals surface area contributed by atoms with Crippen LogP contribution in [0.15, 0.2) is 30.3 Å². The van der Waals surface area contributed by atoms with Crippen LogP contribution in [0.5, 0.6) is 0 Å². The molecule has 22 heavy (non-hydrogen) atoms. The van der Waals surface area contributed by atoms with Crippen molar-refractivity contribution in [1.29, 1.82) is 0 Å². The molecule has 1 aromatic rings. The number of hydrogen-bond acceptors (Lipinski definition) is 3. The van der Waals surface area contributed by atoms with Gasteiger partial charge < -0.3 is 15.7 Å². The monoisotopic (exact) mass is 304 g/mol. The highest BCUT2D eigenvalue weighted by atomic mass is 16.4. The van der Waals surface area contributed by atoms with Gasteiger partial charge in [-0.25, -0.2) is 0 Å². The molecule has 0 heterocycles. The Hall–Kier alpha value is -2.37. The molecule has 118 valence electrons. The highest BCUT2D eigenvalue weighted by Gasteiger charge is 2.35. The van der Waals surface area contributed by atoms with E-state index in [4.69, 9.17) is 5.11 Å². The third-order valence-electron chi connectivity index (χ3n) is 3.82. The molecule has 1 aliphatic rings. The van der Waals surface area contributed by atoms with Crippen molar-refractivity contribution in [1.82, 2.24) is 10.6 Å². The number of hydrogen-bond donors (Lipinski definition) is 3. The van der Waals surface area contributed by atoms with Crippen LogP contribution >= 0.6 is 0 Å². The van der Waals surface area contributed by atoms with Gasteiger partial charge in [0, 0.05) is 13.0 Å². The van der Waals surface area contributed by atoms with Crippen molar-refractivity contribution >= 4 is 17.8 Å². The second kappa shape index (κ2) is 7.06. The standard InChI is InChI=1S/C16H20N2O4/c1-10(19)17-14(11-5-3-2-4-6-11)9-15(20)18-13-7-12(8-13)16(21)22/h2-6,12-14H,7-9H2,1H3,(H,17,19)(H,18,20)(H,21,22). The Balaban J connectivity index is 1.89. The second-order valence-electron chi connectivity index (χ2n) is 5.64. The normalized spacial score (nSPS) is 21.3. The van der Waals surface area contributed by atoms with Crippen LogP contribution in [-0.4, -0.2) is 28.9 Å². The summed E-state index contributed by atoms with van der Waals surface area (Å²) in [5, 5.41) is 14.4. The molecular weight excluding hydrogens is 284 g/mol. The molecule has 0 bridgehead atoms. The van der Waals surface area contributed by atoms with Gasteiger partial charge in [-0.2, -0.15) is 0 Å². The number of rotatable bonds is 6. The minimum atomic E-state index is -0.814. The van der Waals surface area contributed by atoms with Gasteiger partial charge in [0.25, 0.3) is 0 Å². The number of amides is 2. The van der Waals surface area contributed by atoms with E-state index in [-0.39, 0.29) is 36.2 Å². The molecular formula is C16H20N2O4. The first kappa shape index (κ1) is 16.0. The zero-order chi connectivity index (χ0) is 16.1. The van der Waals surface area contributed by atoms with Gasteiger partial charge in [-0.05, 0) is 18.4 Å². The summed E-state index contributed by atoms with van der Waals surface area (Å²) in [6.45, 7) is 1.41. The van der Waals surface area contributed by atoms with Crippen LogP contribution in [-0.2, 0) is 14.4 Å². The number of nitrogens with one attached hydrogen (secondary N) is 2. The lowest BCUT2D eigenvalue weighted by Gasteiger charge is -2.33. The largest absolute Gasteiger partial charge is 0.481 e. The van der Waals surface area contributed by atoms with Crippen molar-refractivity contribution in [3.05, 3.63) is 35.9 Å². The molecule has 6 heteroatoms. The molecule has 1 fully saturated rings. The molecule has 6 nitrogen and oxygen atoms in total. The first-order valence-electron chi connectivity index (χ1n) is 7.30. The molecule has 0 radical (unpaired) electrons. The van der Waals surface area contributed by atoms with Crippen molar-refractivity contribution in [2.45, 2.75) is 38.3 Å². The summed E-state index contributed by atoms with van der Waals surface area (Å²) in [5.74, 6) is -1.55. The van der Waals surface area contributed by atoms with Gasteiger partial charge in [-0.3, -0.25) is 14.4 Å². The maximum atomic E-state index is 12.1. The van der Waals surface area contributed by atoms with Crippen LogP contribution in [0.3, 0.4) is 0 Å². The second-order valence-corrected chi connectivity index (χ2v) is 5.64. The molecule has 0 spiro atoms. The highest BCUT2D eigenvalue weighted by Crippen LogP contribution is 2.27. The maximum Gasteiger partial charge on any atom is 0.306 e. The molecule has 2 rings (SSSR count). The first-order chi connectivity index (χ1) is 10.5. The van der Waals surface area contributed by atoms with E-state index in [1.165, 1.54) is 6.92 Å². The summed E-state index contributed by atoms with van der Waals surface area (Å²) in [6.07, 6.45) is 1.08. The van der Waals surface area contributed by atoms with Crippen LogP contribution in [0.1, 0.15) is 37.8 Å². The molecule has 2 amide bonds. The number of benzene rings is 1. The van der Waals surface area contributed by atoms with Crippen LogP contribution in [0.4, 0.5) is 0 Å². The predicted octanol–water partition coefficient (Wildman–Crippen LogP) is 1.23. The maximum absolute atomic E-state index is 12.1. The third-order valence-corrected chi connectivity index (χ3v) is 3.82. The minimum absolute atomic E-state index is 0.0812. The lowest BCUT2D eigenvalue weighted by Crippen LogP contribution is -2.47. The van der Waals surface area contributed by atoms with E-state index in [0.717, 1.165) is 5.56 Å². The molecule has 1 aromatic carbocycles. The van der Waals surface area contributed by atoms with E-state index in [9.17, 15) is 14.4 Å². The molecule has 1 saturated carbocycles. The summed E-state index contributed by atoms with van der Waals surface area (Å²) in [4.78, 5) is 34.1. The molecule has 1 atom stereocenters. The van der Waals surface area contributed by atoms with Crippen LogP contribution in [0, 0.1) is 5.92 Å². The average Bonchev–Trinajstić information content (AvgIpc) is 2.41. The minimum Gasteiger partial charge on any atom is -0.481 e. The Morgan fingerprint density at radius 2 is 1.86 bits per heavy atom. The average molecular weight is 304 g/mol. The van der Waals surface area contributed by atoms with E-state index in [1.54, 1.807) is 0 Å². The molecule has 0 aromatic heterocycles. The van der Waals surface area contributed by atoms with Gasteiger partial charge in [0.15, 0.2) is 0 Å². The lowest BCUT2D eigenvalue weighted by atomic mass is 9.80. The quantitative estimate of drug-likeness (QED) is 0.736. The van der Waals surface area contributed by atoms with Gasteiger partial charge in [-0.1, -0.05) is 30.3 Å². The van der Waals surface area contributed by atoms with Crippen molar-refractivity contribution in [3.8, 4) is 0 Å². The number of carbonyl (C=O) groups is 3. The Morgan fingerprint density at radius 3 is 2.41 bits per heavy atom. The van der Waals surface area contributed by atoms with E-state index in [2.05, 4.69) is 10.6 Å². The van der Waals surface area contributed by atoms with Crippen LogP contribution in [0.2, 0.25) is 0 Å². The Kier molecular flexibility index (Phi) is 5.14. The van der Waals surface area contributed by atoms with Gasteiger partial charge in [0.2, 0.25) is 11.8 Å². The lowest BCUT2D eigenvalue weighted by molar-refractivity contribution is -0.146. The summed E-state index contributed by atoms with van der Waals surface area (Å²) in [6, 6.07) is 8.83. The van der Waals surface area contributed by atoms with Crippen molar-refractivity contribution in [2.75, 3.05) is 0 Å². The SMILES string of the molecule is CC(=O)NC(CC(=O)NC1CC(C(=O)O)C1)c1ccccc1. The number of carbonyl (C=O) groups excluding carboxylic acids is 2. The summed E-state index contributed by atoms with van der Waals surface area (Å²) in [5.41, 5.74) is 0.866. The Morgan fingerprint density at radius 1 is 1.23 bits per heavy atom. The van der Waals surface area contributed by atoms with Gasteiger partial charge in [0.05, 0.1) is 18.4 Å². The van der Waals surface area contributed by atoms with E-state index in [0.29, 0.717) is 12.8 Å². The van der Waals surface area contributed by atoms with E-state index < -0.39 is 5.97 Å². The van der Waals surface area contributed by atoms with Gasteiger partial charge in [-0.15, -0.1) is 0 Å². The number of carboxylic acid groups (broad SMARTS) is 1. The topological polar surface area (TPSA) is 95.5 Å². The molecule has 0 aliphatic heterocycles. The first-order valence-corrected chi connectivity index (χ1v) is 7.30. The van der Waals surface area contributed by atoms with Crippen LogP contribution in [0.25, 0.3) is 0 Å². The van der Waals surface area contributed by atoms with E-state index >= 15 is 0 Å². The van der Waals surface area contributed by atoms with Crippen molar-refractivity contribution < 1.29 is 19.5 Å². The predicted molar refractivity (Wildman–Crippen MR) is 79.9 cm³/mol. The fourth-order valence-corrected chi connectivity index (χ4v) is 2.59. The third kappa shape index (κ3) is 4.31. The number of aliphatic carboxylic acids is 1. The van der Waals surface area contributed by atoms with E-state index in [1.807, 2.05) is 30.3 Å². The highest BCUT2D eigenvalue weighted by molar-refractivity contribution is 5.80. The van der Waals surface area contributed by atoms with Gasteiger partial charge >= 0.3 is 5.97 Å². The van der Waals surface area contributed by atoms with Gasteiger partial charge in [0.1, 0.15) is 0 Å². The Labute approximate surface area is 128 Å². The van der Waals surface area contributed by atoms with Crippen molar-refractivity contribution in [2.24, 2.45) is 5.92 Å².